The molecule has 0 amide bonds. The molecule has 0 bridgehead atoms. The Labute approximate surface area is 97.2 Å². The Bertz CT molecular complexity index is 349. The average Bonchev–Trinajstić information content (AvgIpc) is 2.25. The summed E-state index contributed by atoms with van der Waals surface area (Å²) in [6.45, 7) is 10.6. The van der Waals surface area contributed by atoms with E-state index in [-0.39, 0.29) is 0 Å². The monoisotopic (exact) mass is 220 g/mol. The van der Waals surface area contributed by atoms with E-state index in [1.165, 1.54) is 0 Å². The topological polar surface area (TPSA) is 49.8 Å². The van der Waals surface area contributed by atoms with E-state index < -0.39 is 0 Å². The number of aryl methyl sites for hydroxylation is 1. The van der Waals surface area contributed by atoms with Crippen LogP contribution in [0.25, 0.3) is 0 Å². The second-order valence-corrected chi connectivity index (χ2v) is 3.84. The fraction of sp³-hybridized carbons (Fsp3) is 0.500. The van der Waals surface area contributed by atoms with Gasteiger partial charge in [0.25, 0.3) is 0 Å². The van der Waals surface area contributed by atoms with E-state index in [1.807, 2.05) is 13.0 Å². The average molecular weight is 220 g/mol. The largest absolute Gasteiger partial charge is 0.367 e. The van der Waals surface area contributed by atoms with Crippen molar-refractivity contribution in [2.75, 3.05) is 17.2 Å². The second kappa shape index (κ2) is 6.10. The standard InChI is InChI=1S/C12H20N4/c1-5-7-13-12-15-10(4)8-11(16-12)14-9(3)6-2/h5,8-9H,1,6-7H2,2-4H3,(H2,13,14,15,16). The highest BCUT2D eigenvalue weighted by Gasteiger charge is 2.03. The molecule has 0 aliphatic heterocycles. The predicted octanol–water partition coefficient (Wildman–Crippen LogP) is 2.59. The Kier molecular flexibility index (Phi) is 4.76. The molecule has 0 fully saturated rings. The summed E-state index contributed by atoms with van der Waals surface area (Å²) >= 11 is 0. The number of anilines is 2. The van der Waals surface area contributed by atoms with Crippen LogP contribution in [0.1, 0.15) is 26.0 Å². The summed E-state index contributed by atoms with van der Waals surface area (Å²) in [6.07, 6.45) is 2.85. The van der Waals surface area contributed by atoms with Crippen molar-refractivity contribution in [3.05, 3.63) is 24.4 Å². The number of hydrogen-bond acceptors (Lipinski definition) is 4. The quantitative estimate of drug-likeness (QED) is 0.723. The molecule has 1 heterocycles. The van der Waals surface area contributed by atoms with Gasteiger partial charge >= 0.3 is 0 Å². The van der Waals surface area contributed by atoms with E-state index in [0.717, 1.165) is 17.9 Å². The smallest absolute Gasteiger partial charge is 0.225 e. The Balaban J connectivity index is 2.76. The van der Waals surface area contributed by atoms with Gasteiger partial charge in [0, 0.05) is 24.3 Å². The minimum atomic E-state index is 0.418. The molecule has 1 atom stereocenters. The highest BCUT2D eigenvalue weighted by molar-refractivity contribution is 5.42. The van der Waals surface area contributed by atoms with Crippen LogP contribution in [-0.4, -0.2) is 22.6 Å². The number of hydrogen-bond donors (Lipinski definition) is 2. The van der Waals surface area contributed by atoms with E-state index in [0.29, 0.717) is 18.5 Å². The lowest BCUT2D eigenvalue weighted by atomic mass is 10.2. The molecule has 0 aromatic carbocycles. The molecule has 4 heteroatoms. The highest BCUT2D eigenvalue weighted by Crippen LogP contribution is 2.11. The fourth-order valence-electron chi connectivity index (χ4n) is 1.24. The molecule has 88 valence electrons. The predicted molar refractivity (Wildman–Crippen MR) is 68.8 cm³/mol. The van der Waals surface area contributed by atoms with Gasteiger partial charge in [0.2, 0.25) is 5.95 Å². The van der Waals surface area contributed by atoms with E-state index in [2.05, 4.69) is 41.0 Å². The van der Waals surface area contributed by atoms with Crippen LogP contribution in [0.15, 0.2) is 18.7 Å². The van der Waals surface area contributed by atoms with E-state index in [4.69, 9.17) is 0 Å². The summed E-state index contributed by atoms with van der Waals surface area (Å²) in [7, 11) is 0. The third-order valence-corrected chi connectivity index (χ3v) is 2.27. The van der Waals surface area contributed by atoms with Gasteiger partial charge in [-0.15, -0.1) is 6.58 Å². The molecule has 0 aliphatic carbocycles. The van der Waals surface area contributed by atoms with Gasteiger partial charge in [-0.1, -0.05) is 13.0 Å². The molecule has 1 unspecified atom stereocenters. The lowest BCUT2D eigenvalue weighted by Gasteiger charge is -2.13. The van der Waals surface area contributed by atoms with Gasteiger partial charge in [-0.3, -0.25) is 0 Å². The molecule has 0 saturated carbocycles. The molecular formula is C12H20N4. The van der Waals surface area contributed by atoms with Gasteiger partial charge in [0.1, 0.15) is 5.82 Å². The lowest BCUT2D eigenvalue weighted by molar-refractivity contribution is 0.758. The molecular weight excluding hydrogens is 200 g/mol. The van der Waals surface area contributed by atoms with Crippen molar-refractivity contribution in [2.24, 2.45) is 0 Å². The fourth-order valence-corrected chi connectivity index (χ4v) is 1.24. The van der Waals surface area contributed by atoms with Gasteiger partial charge < -0.3 is 10.6 Å². The van der Waals surface area contributed by atoms with Gasteiger partial charge in [-0.25, -0.2) is 4.98 Å². The minimum Gasteiger partial charge on any atom is -0.367 e. The molecule has 0 aliphatic rings. The van der Waals surface area contributed by atoms with Crippen LogP contribution in [0, 0.1) is 6.92 Å². The summed E-state index contributed by atoms with van der Waals surface area (Å²) in [5, 5.41) is 6.42. The van der Waals surface area contributed by atoms with Crippen LogP contribution in [0.3, 0.4) is 0 Å². The van der Waals surface area contributed by atoms with Gasteiger partial charge in [-0.2, -0.15) is 4.98 Å². The Hall–Kier alpha value is -1.58. The number of nitrogens with one attached hydrogen (secondary N) is 2. The van der Waals surface area contributed by atoms with Crippen LogP contribution in [-0.2, 0) is 0 Å². The zero-order valence-electron chi connectivity index (χ0n) is 10.2. The Morgan fingerprint density at radius 3 is 2.88 bits per heavy atom. The van der Waals surface area contributed by atoms with Crippen molar-refractivity contribution in [2.45, 2.75) is 33.2 Å². The summed E-state index contributed by atoms with van der Waals surface area (Å²) in [4.78, 5) is 8.67. The molecule has 0 spiro atoms. The van der Waals surface area contributed by atoms with Crippen molar-refractivity contribution in [3.63, 3.8) is 0 Å². The third-order valence-electron chi connectivity index (χ3n) is 2.27. The SMILES string of the molecule is C=CCNc1nc(C)cc(NC(C)CC)n1. The van der Waals surface area contributed by atoms with Crippen molar-refractivity contribution in [1.82, 2.24) is 9.97 Å². The van der Waals surface area contributed by atoms with Gasteiger partial charge in [-0.05, 0) is 20.3 Å². The molecule has 4 nitrogen and oxygen atoms in total. The summed E-state index contributed by atoms with van der Waals surface area (Å²) in [5.74, 6) is 1.51. The van der Waals surface area contributed by atoms with Crippen molar-refractivity contribution < 1.29 is 0 Å². The summed E-state index contributed by atoms with van der Waals surface area (Å²) < 4.78 is 0. The minimum absolute atomic E-state index is 0.418. The highest BCUT2D eigenvalue weighted by atomic mass is 15.1. The first-order valence-corrected chi connectivity index (χ1v) is 5.62. The zero-order valence-corrected chi connectivity index (χ0v) is 10.2. The van der Waals surface area contributed by atoms with Crippen LogP contribution >= 0.6 is 0 Å². The van der Waals surface area contributed by atoms with Crippen molar-refractivity contribution in [3.8, 4) is 0 Å². The molecule has 2 N–H and O–H groups in total. The molecule has 0 radical (unpaired) electrons. The van der Waals surface area contributed by atoms with Crippen LogP contribution in [0.4, 0.5) is 11.8 Å². The first kappa shape index (κ1) is 12.5. The maximum Gasteiger partial charge on any atom is 0.225 e. The lowest BCUT2D eigenvalue weighted by Crippen LogP contribution is -2.15. The Morgan fingerprint density at radius 1 is 1.50 bits per heavy atom. The zero-order chi connectivity index (χ0) is 12.0. The molecule has 0 saturated heterocycles. The van der Waals surface area contributed by atoms with E-state index in [1.54, 1.807) is 6.08 Å². The normalized spacial score (nSPS) is 11.9. The van der Waals surface area contributed by atoms with E-state index >= 15 is 0 Å². The van der Waals surface area contributed by atoms with Gasteiger partial charge in [0.05, 0.1) is 0 Å². The van der Waals surface area contributed by atoms with Crippen LogP contribution < -0.4 is 10.6 Å². The third kappa shape index (κ3) is 3.88. The molecule has 16 heavy (non-hydrogen) atoms. The first-order chi connectivity index (χ1) is 7.65. The second-order valence-electron chi connectivity index (χ2n) is 3.84. The first-order valence-electron chi connectivity index (χ1n) is 5.62. The Morgan fingerprint density at radius 2 is 2.25 bits per heavy atom. The van der Waals surface area contributed by atoms with Crippen molar-refractivity contribution >= 4 is 11.8 Å². The summed E-state index contributed by atoms with van der Waals surface area (Å²) in [6, 6.07) is 2.37. The van der Waals surface area contributed by atoms with Crippen molar-refractivity contribution in [1.29, 1.82) is 0 Å². The van der Waals surface area contributed by atoms with E-state index in [9.17, 15) is 0 Å². The number of aromatic nitrogens is 2. The van der Waals surface area contributed by atoms with Gasteiger partial charge in [0.15, 0.2) is 0 Å². The maximum atomic E-state index is 4.38. The molecule has 1 aromatic heterocycles. The molecule has 1 rings (SSSR count). The summed E-state index contributed by atoms with van der Waals surface area (Å²) in [5.41, 5.74) is 0.951. The number of rotatable bonds is 6. The maximum absolute atomic E-state index is 4.38. The number of nitrogens with zero attached hydrogens (tertiary/aromatic N) is 2. The van der Waals surface area contributed by atoms with Crippen LogP contribution in [0.2, 0.25) is 0 Å². The van der Waals surface area contributed by atoms with Crippen LogP contribution in [0.5, 0.6) is 0 Å². The molecule has 1 aromatic rings.